The maximum Gasteiger partial charge on any atom is 0.490 e. The minimum atomic E-state index is -5.08. The highest BCUT2D eigenvalue weighted by atomic mass is 19.4. The molecule has 170 valence electrons. The summed E-state index contributed by atoms with van der Waals surface area (Å²) in [4.78, 5) is 40.4. The lowest BCUT2D eigenvalue weighted by atomic mass is 9.81. The summed E-state index contributed by atoms with van der Waals surface area (Å²) >= 11 is 0. The van der Waals surface area contributed by atoms with Crippen LogP contribution in [-0.4, -0.2) is 79.1 Å². The number of hydrogen-bond donors (Lipinski definition) is 1. The van der Waals surface area contributed by atoms with Crippen LogP contribution in [0.15, 0.2) is 24.3 Å². The molecule has 0 aromatic heterocycles. The zero-order valence-corrected chi connectivity index (χ0v) is 17.5. The number of aliphatic carboxylic acids is 1. The van der Waals surface area contributed by atoms with Gasteiger partial charge in [0.2, 0.25) is 11.8 Å². The average Bonchev–Trinajstić information content (AvgIpc) is 3.34. The fourth-order valence-corrected chi connectivity index (χ4v) is 4.12. The van der Waals surface area contributed by atoms with E-state index in [0.717, 1.165) is 24.2 Å². The van der Waals surface area contributed by atoms with Gasteiger partial charge in [0.1, 0.15) is 0 Å². The Labute approximate surface area is 178 Å². The Kier molecular flexibility index (Phi) is 6.31. The number of carbonyl (C=O) groups is 3. The number of anilines is 1. The number of rotatable bonds is 4. The monoisotopic (exact) mass is 441 g/mol. The minimum Gasteiger partial charge on any atom is -0.475 e. The Hall–Kier alpha value is -2.62. The van der Waals surface area contributed by atoms with Crippen LogP contribution in [0.3, 0.4) is 0 Å². The molecule has 2 heterocycles. The van der Waals surface area contributed by atoms with E-state index in [1.807, 2.05) is 40.9 Å². The molecule has 2 amide bonds. The van der Waals surface area contributed by atoms with Gasteiger partial charge >= 0.3 is 12.1 Å². The van der Waals surface area contributed by atoms with Gasteiger partial charge in [0, 0.05) is 25.3 Å². The molecule has 2 aliphatic heterocycles. The molecule has 1 atom stereocenters. The lowest BCUT2D eigenvalue weighted by Crippen LogP contribution is -2.45. The van der Waals surface area contributed by atoms with Crippen LogP contribution in [0, 0.1) is 5.92 Å². The first-order valence-electron chi connectivity index (χ1n) is 10.1. The summed E-state index contributed by atoms with van der Waals surface area (Å²) in [6, 6.07) is 8.17. The van der Waals surface area contributed by atoms with E-state index in [2.05, 4.69) is 12.1 Å². The number of carboxylic acid groups (broad SMARTS) is 1. The minimum absolute atomic E-state index is 0.114. The highest BCUT2D eigenvalue weighted by Crippen LogP contribution is 2.48. The summed E-state index contributed by atoms with van der Waals surface area (Å²) in [5, 5.41) is 7.12. The largest absolute Gasteiger partial charge is 0.490 e. The molecule has 1 N–H and O–H groups in total. The average molecular weight is 441 g/mol. The number of amides is 2. The predicted octanol–water partition coefficient (Wildman–Crippen LogP) is 2.11. The highest BCUT2D eigenvalue weighted by molar-refractivity contribution is 6.09. The first kappa shape index (κ1) is 23.1. The number of fused-ring (bicyclic) bond motifs is 2. The standard InChI is InChI=1S/C19H25N3O2.C2HF3O2/c1-20(2)12-17(23)21-10-9-19(13-21)15-5-3-4-6-16(15)22(18(19)24)11-14-7-8-14;3-2(4,5)1(6)7/h3-6,14H,7-13H2,1-2H3;(H,6,7). The maximum absolute atomic E-state index is 13.3. The van der Waals surface area contributed by atoms with Crippen molar-refractivity contribution in [3.8, 4) is 0 Å². The van der Waals surface area contributed by atoms with Crippen LogP contribution in [0.4, 0.5) is 18.9 Å². The van der Waals surface area contributed by atoms with Gasteiger partial charge in [-0.25, -0.2) is 4.79 Å². The van der Waals surface area contributed by atoms with E-state index in [1.54, 1.807) is 0 Å². The Balaban J connectivity index is 0.000000339. The van der Waals surface area contributed by atoms with E-state index >= 15 is 0 Å². The van der Waals surface area contributed by atoms with Crippen molar-refractivity contribution in [3.05, 3.63) is 29.8 Å². The van der Waals surface area contributed by atoms with Gasteiger partial charge < -0.3 is 19.8 Å². The van der Waals surface area contributed by atoms with E-state index in [4.69, 9.17) is 9.90 Å². The van der Waals surface area contributed by atoms with E-state index < -0.39 is 17.6 Å². The first-order chi connectivity index (χ1) is 14.5. The molecule has 1 unspecified atom stereocenters. The van der Waals surface area contributed by atoms with Crippen LogP contribution in [0.25, 0.3) is 0 Å². The van der Waals surface area contributed by atoms with Gasteiger partial charge in [0.15, 0.2) is 0 Å². The molecule has 31 heavy (non-hydrogen) atoms. The number of carbonyl (C=O) groups excluding carboxylic acids is 2. The van der Waals surface area contributed by atoms with Crippen molar-refractivity contribution in [1.82, 2.24) is 9.80 Å². The van der Waals surface area contributed by atoms with Gasteiger partial charge in [-0.15, -0.1) is 0 Å². The van der Waals surface area contributed by atoms with E-state index in [0.29, 0.717) is 25.6 Å². The predicted molar refractivity (Wildman–Crippen MR) is 107 cm³/mol. The van der Waals surface area contributed by atoms with Crippen molar-refractivity contribution in [2.24, 2.45) is 5.92 Å². The van der Waals surface area contributed by atoms with Crippen LogP contribution < -0.4 is 4.90 Å². The molecule has 3 aliphatic rings. The molecule has 7 nitrogen and oxygen atoms in total. The molecule has 1 aromatic carbocycles. The van der Waals surface area contributed by atoms with Crippen molar-refractivity contribution in [2.75, 3.05) is 45.2 Å². The molecule has 4 rings (SSSR count). The number of halogens is 3. The smallest absolute Gasteiger partial charge is 0.475 e. The second-order valence-electron chi connectivity index (χ2n) is 8.56. The van der Waals surface area contributed by atoms with Crippen molar-refractivity contribution in [2.45, 2.75) is 30.9 Å². The molecule has 10 heteroatoms. The highest BCUT2D eigenvalue weighted by Gasteiger charge is 2.55. The van der Waals surface area contributed by atoms with Crippen molar-refractivity contribution >= 4 is 23.5 Å². The summed E-state index contributed by atoms with van der Waals surface area (Å²) < 4.78 is 31.7. The van der Waals surface area contributed by atoms with E-state index in [1.165, 1.54) is 12.8 Å². The third kappa shape index (κ3) is 4.84. The van der Waals surface area contributed by atoms with Crippen LogP contribution in [0.5, 0.6) is 0 Å². The fourth-order valence-electron chi connectivity index (χ4n) is 4.12. The second-order valence-corrected chi connectivity index (χ2v) is 8.56. The zero-order chi connectivity index (χ0) is 23.0. The molecule has 0 bridgehead atoms. The van der Waals surface area contributed by atoms with Gasteiger partial charge in [-0.2, -0.15) is 13.2 Å². The fraction of sp³-hybridized carbons (Fsp3) is 0.571. The van der Waals surface area contributed by atoms with Gasteiger partial charge in [-0.3, -0.25) is 9.59 Å². The maximum atomic E-state index is 13.3. The zero-order valence-electron chi connectivity index (χ0n) is 17.5. The second kappa shape index (κ2) is 8.49. The summed E-state index contributed by atoms with van der Waals surface area (Å²) in [6.45, 7) is 2.43. The Morgan fingerprint density at radius 1 is 1.23 bits per heavy atom. The lowest BCUT2D eigenvalue weighted by molar-refractivity contribution is -0.192. The molecule has 2 fully saturated rings. The van der Waals surface area contributed by atoms with E-state index in [9.17, 15) is 22.8 Å². The number of alkyl halides is 3. The number of para-hydroxylation sites is 1. The third-order valence-corrected chi connectivity index (χ3v) is 5.82. The molecule has 0 radical (unpaired) electrons. The summed E-state index contributed by atoms with van der Waals surface area (Å²) in [5.74, 6) is -1.78. The molecule has 1 spiro atoms. The Morgan fingerprint density at radius 2 is 1.84 bits per heavy atom. The number of benzene rings is 1. The van der Waals surface area contributed by atoms with Crippen LogP contribution in [-0.2, 0) is 19.8 Å². The van der Waals surface area contributed by atoms with Gasteiger partial charge in [-0.05, 0) is 50.9 Å². The topological polar surface area (TPSA) is 81.2 Å². The normalized spacial score (nSPS) is 22.6. The molecule has 1 saturated heterocycles. The summed E-state index contributed by atoms with van der Waals surface area (Å²) in [5.41, 5.74) is 1.67. The lowest BCUT2D eigenvalue weighted by Gasteiger charge is -2.25. The van der Waals surface area contributed by atoms with Gasteiger partial charge in [-0.1, -0.05) is 18.2 Å². The molecular weight excluding hydrogens is 415 g/mol. The Bertz CT molecular complexity index is 870. The summed E-state index contributed by atoms with van der Waals surface area (Å²) in [7, 11) is 3.80. The van der Waals surface area contributed by atoms with Crippen LogP contribution in [0.1, 0.15) is 24.8 Å². The number of likely N-dealkylation sites (N-methyl/N-ethyl adjacent to an activating group) is 1. The van der Waals surface area contributed by atoms with Crippen molar-refractivity contribution < 1.29 is 32.7 Å². The number of hydrogen-bond acceptors (Lipinski definition) is 4. The van der Waals surface area contributed by atoms with Crippen LogP contribution in [0.2, 0.25) is 0 Å². The van der Waals surface area contributed by atoms with E-state index in [-0.39, 0.29) is 11.8 Å². The van der Waals surface area contributed by atoms with Crippen molar-refractivity contribution in [3.63, 3.8) is 0 Å². The quantitative estimate of drug-likeness (QED) is 0.774. The molecule has 1 aromatic rings. The van der Waals surface area contributed by atoms with Gasteiger partial charge in [0.25, 0.3) is 0 Å². The summed E-state index contributed by atoms with van der Waals surface area (Å²) in [6.07, 6.45) is -1.89. The molecular formula is C21H26F3N3O4. The number of nitrogens with zero attached hydrogens (tertiary/aromatic N) is 3. The van der Waals surface area contributed by atoms with Crippen LogP contribution >= 0.6 is 0 Å². The molecule has 1 aliphatic carbocycles. The van der Waals surface area contributed by atoms with Gasteiger partial charge in [0.05, 0.1) is 12.0 Å². The number of likely N-dealkylation sites (tertiary alicyclic amines) is 1. The molecule has 1 saturated carbocycles. The van der Waals surface area contributed by atoms with Crippen molar-refractivity contribution in [1.29, 1.82) is 0 Å². The first-order valence-corrected chi connectivity index (χ1v) is 10.1. The SMILES string of the molecule is CN(C)CC(=O)N1CCC2(C1)C(=O)N(CC1CC1)c1ccccc12.O=C(O)C(F)(F)F. The Morgan fingerprint density at radius 3 is 2.39 bits per heavy atom. The third-order valence-electron chi connectivity index (χ3n) is 5.82. The number of carboxylic acids is 1.